The molecular weight excluding hydrogens is 353 g/mol. The van der Waals surface area contributed by atoms with E-state index in [0.717, 1.165) is 17.4 Å². The quantitative estimate of drug-likeness (QED) is 0.554. The molecule has 3 rings (SSSR count). The number of hydrogen-bond donors (Lipinski definition) is 0. The highest BCUT2D eigenvalue weighted by molar-refractivity contribution is 5.77. The molecule has 2 aromatic rings. The van der Waals surface area contributed by atoms with Gasteiger partial charge in [-0.1, -0.05) is 50.2 Å². The van der Waals surface area contributed by atoms with Gasteiger partial charge in [0.05, 0.1) is 12.0 Å². The molecule has 146 valence electrons. The van der Waals surface area contributed by atoms with Gasteiger partial charge in [0.25, 0.3) is 0 Å². The van der Waals surface area contributed by atoms with E-state index < -0.39 is 12.1 Å². The molecule has 2 aromatic carbocycles. The lowest BCUT2D eigenvalue weighted by molar-refractivity contribution is -0.185. The van der Waals surface area contributed by atoms with E-state index in [1.54, 1.807) is 12.1 Å². The minimum absolute atomic E-state index is 0.134. The van der Waals surface area contributed by atoms with Crippen molar-refractivity contribution in [2.45, 2.75) is 51.8 Å². The number of benzene rings is 2. The molecule has 0 bridgehead atoms. The van der Waals surface area contributed by atoms with Crippen LogP contribution in [0.5, 0.6) is 5.75 Å². The SMILES string of the molecule is CC.O=Cc1ccc(-c2ccc(OC3CCC(C(F)(F)F)CC3)cc2)cc1. The van der Waals surface area contributed by atoms with Gasteiger partial charge in [0.1, 0.15) is 12.0 Å². The van der Waals surface area contributed by atoms with Crippen LogP contribution in [-0.2, 0) is 0 Å². The highest BCUT2D eigenvalue weighted by atomic mass is 19.4. The van der Waals surface area contributed by atoms with E-state index in [1.165, 1.54) is 0 Å². The highest BCUT2D eigenvalue weighted by Crippen LogP contribution is 2.38. The van der Waals surface area contributed by atoms with Crippen LogP contribution in [0.25, 0.3) is 11.1 Å². The van der Waals surface area contributed by atoms with Gasteiger partial charge in [-0.2, -0.15) is 13.2 Å². The molecule has 0 atom stereocenters. The van der Waals surface area contributed by atoms with Gasteiger partial charge in [-0.05, 0) is 48.9 Å². The Labute approximate surface area is 158 Å². The fourth-order valence-electron chi connectivity index (χ4n) is 3.18. The molecule has 0 heterocycles. The van der Waals surface area contributed by atoms with Crippen molar-refractivity contribution in [3.63, 3.8) is 0 Å². The lowest BCUT2D eigenvalue weighted by Crippen LogP contribution is -2.31. The smallest absolute Gasteiger partial charge is 0.391 e. The summed E-state index contributed by atoms with van der Waals surface area (Å²) in [6, 6.07) is 14.7. The first-order chi connectivity index (χ1) is 13.0. The Morgan fingerprint density at radius 3 is 1.78 bits per heavy atom. The van der Waals surface area contributed by atoms with Crippen molar-refractivity contribution < 1.29 is 22.7 Å². The number of carbonyl (C=O) groups is 1. The second-order valence-corrected chi connectivity index (χ2v) is 6.40. The normalized spacial score (nSPS) is 19.6. The Bertz CT molecular complexity index is 698. The van der Waals surface area contributed by atoms with Crippen LogP contribution in [0.4, 0.5) is 13.2 Å². The highest BCUT2D eigenvalue weighted by Gasteiger charge is 2.41. The summed E-state index contributed by atoms with van der Waals surface area (Å²) < 4.78 is 43.9. The number of ether oxygens (including phenoxy) is 1. The summed E-state index contributed by atoms with van der Waals surface area (Å²) in [6.07, 6.45) is -2.32. The molecule has 1 aliphatic carbocycles. The second kappa shape index (κ2) is 9.58. The average molecular weight is 378 g/mol. The minimum Gasteiger partial charge on any atom is -0.490 e. The molecule has 0 amide bonds. The van der Waals surface area contributed by atoms with Gasteiger partial charge in [0.15, 0.2) is 0 Å². The van der Waals surface area contributed by atoms with Gasteiger partial charge in [0.2, 0.25) is 0 Å². The number of halogens is 3. The van der Waals surface area contributed by atoms with Crippen LogP contribution in [0.1, 0.15) is 49.9 Å². The molecule has 1 saturated carbocycles. The second-order valence-electron chi connectivity index (χ2n) is 6.40. The Balaban J connectivity index is 0.00000126. The van der Waals surface area contributed by atoms with Gasteiger partial charge in [-0.25, -0.2) is 0 Å². The predicted octanol–water partition coefficient (Wildman–Crippen LogP) is 6.69. The molecule has 0 aliphatic heterocycles. The van der Waals surface area contributed by atoms with Crippen LogP contribution in [0.3, 0.4) is 0 Å². The zero-order valence-electron chi connectivity index (χ0n) is 15.6. The van der Waals surface area contributed by atoms with Crippen molar-refractivity contribution in [1.29, 1.82) is 0 Å². The summed E-state index contributed by atoms with van der Waals surface area (Å²) in [6.45, 7) is 4.00. The summed E-state index contributed by atoms with van der Waals surface area (Å²) in [5.41, 5.74) is 2.60. The average Bonchev–Trinajstić information content (AvgIpc) is 2.70. The standard InChI is InChI=1S/C20H19F3O2.C2H6/c21-20(22,23)17-7-11-19(12-8-17)25-18-9-5-16(6-10-18)15-3-1-14(13-24)2-4-15;1-2/h1-6,9-10,13,17,19H,7-8,11-12H2;1-2H3. The summed E-state index contributed by atoms with van der Waals surface area (Å²) in [5, 5.41) is 0. The van der Waals surface area contributed by atoms with Crippen molar-refractivity contribution in [3.05, 3.63) is 54.1 Å². The van der Waals surface area contributed by atoms with Crippen LogP contribution in [0.2, 0.25) is 0 Å². The summed E-state index contributed by atoms with van der Waals surface area (Å²) in [7, 11) is 0. The maximum atomic E-state index is 12.7. The Kier molecular flexibility index (Phi) is 7.45. The van der Waals surface area contributed by atoms with Crippen LogP contribution in [0.15, 0.2) is 48.5 Å². The molecule has 0 saturated heterocycles. The summed E-state index contributed by atoms with van der Waals surface area (Å²) in [5.74, 6) is -0.521. The third kappa shape index (κ3) is 5.84. The van der Waals surface area contributed by atoms with E-state index in [4.69, 9.17) is 4.74 Å². The van der Waals surface area contributed by atoms with Crippen molar-refractivity contribution in [3.8, 4) is 16.9 Å². The van der Waals surface area contributed by atoms with E-state index >= 15 is 0 Å². The van der Waals surface area contributed by atoms with Crippen molar-refractivity contribution >= 4 is 6.29 Å². The van der Waals surface area contributed by atoms with E-state index in [0.29, 0.717) is 24.2 Å². The van der Waals surface area contributed by atoms with Gasteiger partial charge >= 0.3 is 6.18 Å². The Hall–Kier alpha value is -2.30. The molecule has 0 N–H and O–H groups in total. The van der Waals surface area contributed by atoms with E-state index in [9.17, 15) is 18.0 Å². The summed E-state index contributed by atoms with van der Waals surface area (Å²) >= 11 is 0. The maximum absolute atomic E-state index is 12.7. The zero-order chi connectivity index (χ0) is 19.9. The van der Waals surface area contributed by atoms with Gasteiger partial charge in [-0.3, -0.25) is 4.79 Å². The van der Waals surface area contributed by atoms with Crippen molar-refractivity contribution in [2.24, 2.45) is 5.92 Å². The van der Waals surface area contributed by atoms with E-state index in [2.05, 4.69) is 0 Å². The topological polar surface area (TPSA) is 26.3 Å². The fourth-order valence-corrected chi connectivity index (χ4v) is 3.18. The molecule has 0 radical (unpaired) electrons. The van der Waals surface area contributed by atoms with Crippen LogP contribution in [-0.4, -0.2) is 18.6 Å². The lowest BCUT2D eigenvalue weighted by Gasteiger charge is -2.30. The molecule has 0 unspecified atom stereocenters. The number of rotatable bonds is 4. The Morgan fingerprint density at radius 2 is 1.33 bits per heavy atom. The van der Waals surface area contributed by atoms with Crippen LogP contribution >= 0.6 is 0 Å². The largest absolute Gasteiger partial charge is 0.490 e. The number of alkyl halides is 3. The molecule has 5 heteroatoms. The monoisotopic (exact) mass is 378 g/mol. The third-order valence-electron chi connectivity index (χ3n) is 4.67. The maximum Gasteiger partial charge on any atom is 0.391 e. The molecule has 1 fully saturated rings. The van der Waals surface area contributed by atoms with Crippen molar-refractivity contribution in [1.82, 2.24) is 0 Å². The summed E-state index contributed by atoms with van der Waals surface area (Å²) in [4.78, 5) is 10.7. The van der Waals surface area contributed by atoms with E-state index in [-0.39, 0.29) is 18.9 Å². The predicted molar refractivity (Wildman–Crippen MR) is 101 cm³/mol. The van der Waals surface area contributed by atoms with E-state index in [1.807, 2.05) is 50.2 Å². The first-order valence-corrected chi connectivity index (χ1v) is 9.35. The van der Waals surface area contributed by atoms with Gasteiger partial charge < -0.3 is 4.74 Å². The van der Waals surface area contributed by atoms with Gasteiger partial charge in [0, 0.05) is 5.56 Å². The first-order valence-electron chi connectivity index (χ1n) is 9.35. The van der Waals surface area contributed by atoms with Crippen molar-refractivity contribution in [2.75, 3.05) is 0 Å². The number of carbonyl (C=O) groups excluding carboxylic acids is 1. The Morgan fingerprint density at radius 1 is 0.852 bits per heavy atom. The third-order valence-corrected chi connectivity index (χ3v) is 4.67. The number of hydrogen-bond acceptors (Lipinski definition) is 2. The molecular formula is C22H25F3O2. The first kappa shape index (κ1) is 21.0. The van der Waals surface area contributed by atoms with Crippen LogP contribution < -0.4 is 4.74 Å². The lowest BCUT2D eigenvalue weighted by atomic mass is 9.87. The minimum atomic E-state index is -4.09. The van der Waals surface area contributed by atoms with Gasteiger partial charge in [-0.15, -0.1) is 0 Å². The molecule has 27 heavy (non-hydrogen) atoms. The molecule has 2 nitrogen and oxygen atoms in total. The molecule has 0 spiro atoms. The zero-order valence-corrected chi connectivity index (χ0v) is 15.6. The molecule has 0 aromatic heterocycles. The molecule has 1 aliphatic rings. The van der Waals surface area contributed by atoms with Crippen LogP contribution in [0, 0.1) is 5.92 Å². The fraction of sp³-hybridized carbons (Fsp3) is 0.409. The number of aldehydes is 1.